The highest BCUT2D eigenvalue weighted by Crippen LogP contribution is 2.37. The molecular weight excluding hydrogens is 628 g/mol. The molecule has 0 saturated heterocycles. The fourth-order valence-electron chi connectivity index (χ4n) is 4.33. The van der Waals surface area contributed by atoms with E-state index in [0.717, 1.165) is 15.3 Å². The van der Waals surface area contributed by atoms with Crippen molar-refractivity contribution in [3.8, 4) is 11.5 Å². The number of urea groups is 1. The molecule has 3 amide bonds. The van der Waals surface area contributed by atoms with Crippen LogP contribution in [0.3, 0.4) is 0 Å². The Balaban J connectivity index is 1.84. The lowest BCUT2D eigenvalue weighted by molar-refractivity contribution is -0.143. The number of hydrogen-bond acceptors (Lipinski definition) is 6. The predicted molar refractivity (Wildman–Crippen MR) is 157 cm³/mol. The van der Waals surface area contributed by atoms with E-state index in [-0.39, 0.29) is 38.7 Å². The standard InChI is InChI=1S/C30H33F6N3O5S/c1-42-12-5-10-39(28(41)37-23-16-21(29(31,32)33)15-22(17-23)30(34,35)36)19-27(40)38(18-24-6-4-13-45-24)11-9-20-7-8-25(43-2)26(14-20)44-3/h4,6-8,13-17H,5,9-12,18-19H2,1-3H3,(H,37,41). The van der Waals surface area contributed by atoms with Crippen molar-refractivity contribution in [3.63, 3.8) is 0 Å². The lowest BCUT2D eigenvalue weighted by Gasteiger charge is -2.28. The van der Waals surface area contributed by atoms with E-state index in [2.05, 4.69) is 5.32 Å². The SMILES string of the molecule is COCCCN(CC(=O)N(CCc1ccc(OC)c(OC)c1)Cc1cccs1)C(=O)Nc1cc(C(F)(F)F)cc(C(F)(F)F)c1. The van der Waals surface area contributed by atoms with Gasteiger partial charge in [0.2, 0.25) is 5.91 Å². The Morgan fingerprint density at radius 3 is 2.07 bits per heavy atom. The van der Waals surface area contributed by atoms with E-state index < -0.39 is 47.6 Å². The zero-order chi connectivity index (χ0) is 33.2. The summed E-state index contributed by atoms with van der Waals surface area (Å²) in [6, 6.07) is 8.76. The van der Waals surface area contributed by atoms with Crippen molar-refractivity contribution in [3.05, 3.63) is 75.5 Å². The summed E-state index contributed by atoms with van der Waals surface area (Å²) < 4.78 is 95.8. The van der Waals surface area contributed by atoms with Gasteiger partial charge in [0.15, 0.2) is 11.5 Å². The molecule has 0 fully saturated rings. The van der Waals surface area contributed by atoms with Crippen LogP contribution in [0.4, 0.5) is 36.8 Å². The molecule has 8 nitrogen and oxygen atoms in total. The molecule has 0 atom stereocenters. The smallest absolute Gasteiger partial charge is 0.416 e. The molecule has 3 aromatic rings. The van der Waals surface area contributed by atoms with Crippen LogP contribution < -0.4 is 14.8 Å². The number of alkyl halides is 6. The Labute approximate surface area is 260 Å². The summed E-state index contributed by atoms with van der Waals surface area (Å²) >= 11 is 1.43. The number of ether oxygens (including phenoxy) is 3. The first-order valence-electron chi connectivity index (χ1n) is 13.6. The van der Waals surface area contributed by atoms with Gasteiger partial charge >= 0.3 is 18.4 Å². The van der Waals surface area contributed by atoms with E-state index in [0.29, 0.717) is 30.1 Å². The molecule has 246 valence electrons. The van der Waals surface area contributed by atoms with Crippen LogP contribution in [0.2, 0.25) is 0 Å². The number of anilines is 1. The van der Waals surface area contributed by atoms with Gasteiger partial charge in [0.1, 0.15) is 6.54 Å². The second kappa shape index (κ2) is 15.8. The summed E-state index contributed by atoms with van der Waals surface area (Å²) in [7, 11) is 4.43. The third-order valence-electron chi connectivity index (χ3n) is 6.63. The highest BCUT2D eigenvalue weighted by Gasteiger charge is 2.37. The van der Waals surface area contributed by atoms with Crippen LogP contribution in [-0.2, 0) is 34.8 Å². The molecular formula is C30H33F6N3O5S. The summed E-state index contributed by atoms with van der Waals surface area (Å²) in [6.07, 6.45) is -9.52. The van der Waals surface area contributed by atoms with Crippen molar-refractivity contribution in [2.75, 3.05) is 52.9 Å². The minimum absolute atomic E-state index is 0.0314. The maximum absolute atomic E-state index is 13.6. The maximum atomic E-state index is 13.6. The largest absolute Gasteiger partial charge is 0.493 e. The molecule has 15 heteroatoms. The average molecular weight is 662 g/mol. The predicted octanol–water partition coefficient (Wildman–Crippen LogP) is 6.94. The van der Waals surface area contributed by atoms with Crippen LogP contribution in [-0.4, -0.2) is 69.3 Å². The van der Waals surface area contributed by atoms with Crippen LogP contribution >= 0.6 is 11.3 Å². The van der Waals surface area contributed by atoms with Gasteiger partial charge in [-0.1, -0.05) is 12.1 Å². The zero-order valence-electron chi connectivity index (χ0n) is 24.8. The van der Waals surface area contributed by atoms with Gasteiger partial charge in [0.25, 0.3) is 0 Å². The minimum Gasteiger partial charge on any atom is -0.493 e. The number of halogens is 6. The van der Waals surface area contributed by atoms with E-state index in [1.54, 1.807) is 12.1 Å². The van der Waals surface area contributed by atoms with Gasteiger partial charge in [0, 0.05) is 37.4 Å². The molecule has 3 rings (SSSR count). The molecule has 1 aromatic heterocycles. The van der Waals surface area contributed by atoms with Gasteiger partial charge in [-0.3, -0.25) is 4.79 Å². The van der Waals surface area contributed by atoms with Crippen LogP contribution in [0.1, 0.15) is 28.0 Å². The van der Waals surface area contributed by atoms with Crippen LogP contribution in [0, 0.1) is 0 Å². The third kappa shape index (κ3) is 10.6. The van der Waals surface area contributed by atoms with Crippen molar-refractivity contribution >= 4 is 29.0 Å². The van der Waals surface area contributed by atoms with Crippen molar-refractivity contribution in [2.45, 2.75) is 31.7 Å². The summed E-state index contributed by atoms with van der Waals surface area (Å²) in [4.78, 5) is 30.3. The van der Waals surface area contributed by atoms with Crippen LogP contribution in [0.25, 0.3) is 0 Å². The highest BCUT2D eigenvalue weighted by molar-refractivity contribution is 7.09. The normalized spacial score (nSPS) is 11.7. The quantitative estimate of drug-likeness (QED) is 0.150. The molecule has 1 N–H and O–H groups in total. The third-order valence-corrected chi connectivity index (χ3v) is 7.49. The van der Waals surface area contributed by atoms with Gasteiger partial charge < -0.3 is 29.3 Å². The van der Waals surface area contributed by atoms with Crippen LogP contribution in [0.5, 0.6) is 11.5 Å². The Bertz CT molecular complexity index is 1380. The van der Waals surface area contributed by atoms with Gasteiger partial charge in [-0.05, 0) is 60.2 Å². The van der Waals surface area contributed by atoms with Gasteiger partial charge in [-0.25, -0.2) is 4.79 Å². The number of nitrogens with one attached hydrogen (secondary N) is 1. The molecule has 0 saturated carbocycles. The molecule has 0 bridgehead atoms. The number of thiophene rings is 1. The number of hydrogen-bond donors (Lipinski definition) is 1. The van der Waals surface area contributed by atoms with E-state index >= 15 is 0 Å². The molecule has 0 aliphatic heterocycles. The summed E-state index contributed by atoms with van der Waals surface area (Å²) in [5, 5.41) is 3.97. The second-order valence-corrected chi connectivity index (χ2v) is 10.9. The molecule has 0 unspecified atom stereocenters. The molecule has 0 radical (unpaired) electrons. The molecule has 0 spiro atoms. The number of amides is 3. The van der Waals surface area contributed by atoms with Gasteiger partial charge in [-0.2, -0.15) is 26.3 Å². The number of carbonyl (C=O) groups is 2. The fourth-order valence-corrected chi connectivity index (χ4v) is 5.05. The molecule has 0 aliphatic carbocycles. The summed E-state index contributed by atoms with van der Waals surface area (Å²) in [5.74, 6) is 0.570. The van der Waals surface area contributed by atoms with Crippen molar-refractivity contribution < 1.29 is 50.1 Å². The number of methoxy groups -OCH3 is 3. The van der Waals surface area contributed by atoms with E-state index in [1.807, 2.05) is 23.6 Å². The number of rotatable bonds is 14. The monoisotopic (exact) mass is 661 g/mol. The first-order chi connectivity index (χ1) is 21.2. The number of benzene rings is 2. The molecule has 0 aliphatic rings. The van der Waals surface area contributed by atoms with Crippen molar-refractivity contribution in [2.24, 2.45) is 0 Å². The Hall–Kier alpha value is -3.98. The molecule has 45 heavy (non-hydrogen) atoms. The van der Waals surface area contributed by atoms with E-state index in [1.165, 1.54) is 37.6 Å². The van der Waals surface area contributed by atoms with Crippen LogP contribution in [0.15, 0.2) is 53.9 Å². The van der Waals surface area contributed by atoms with E-state index in [4.69, 9.17) is 14.2 Å². The van der Waals surface area contributed by atoms with Crippen molar-refractivity contribution in [1.82, 2.24) is 9.80 Å². The number of nitrogens with zero attached hydrogens (tertiary/aromatic N) is 2. The minimum atomic E-state index is -5.09. The lowest BCUT2D eigenvalue weighted by atomic mass is 10.1. The highest BCUT2D eigenvalue weighted by atomic mass is 32.1. The van der Waals surface area contributed by atoms with Gasteiger partial charge in [-0.15, -0.1) is 11.3 Å². The second-order valence-electron chi connectivity index (χ2n) is 9.83. The topological polar surface area (TPSA) is 80.3 Å². The fraction of sp³-hybridized carbons (Fsp3) is 0.400. The number of carbonyl (C=O) groups excluding carboxylic acids is 2. The van der Waals surface area contributed by atoms with Crippen molar-refractivity contribution in [1.29, 1.82) is 0 Å². The first kappa shape index (κ1) is 35.5. The first-order valence-corrected chi connectivity index (χ1v) is 14.5. The Morgan fingerprint density at radius 1 is 0.844 bits per heavy atom. The Morgan fingerprint density at radius 2 is 1.51 bits per heavy atom. The van der Waals surface area contributed by atoms with E-state index in [9.17, 15) is 35.9 Å². The zero-order valence-corrected chi connectivity index (χ0v) is 25.6. The lowest BCUT2D eigenvalue weighted by Crippen LogP contribution is -2.45. The average Bonchev–Trinajstić information content (AvgIpc) is 3.50. The summed E-state index contributed by atoms with van der Waals surface area (Å²) in [5.41, 5.74) is -3.02. The summed E-state index contributed by atoms with van der Waals surface area (Å²) in [6.45, 7) is 0.108. The Kier molecular flexibility index (Phi) is 12.5. The van der Waals surface area contributed by atoms with Gasteiger partial charge in [0.05, 0.1) is 31.9 Å². The molecule has 1 heterocycles. The maximum Gasteiger partial charge on any atom is 0.416 e. The molecule has 2 aromatic carbocycles.